The van der Waals surface area contributed by atoms with Gasteiger partial charge >= 0.3 is 0 Å². The SMILES string of the molecule is [2H]c1c([2H])c(C)c([2H])c(OCC(O)CCC([2H])([2H])C([2H])([2H])c2ccc(OC([2H])([2H])[2H])c(OC([2H])([2H])[2H])c2)c1[2H]. The molecule has 0 fully saturated rings. The molecule has 2 rings (SSSR count). The van der Waals surface area contributed by atoms with Gasteiger partial charge in [-0.15, -0.1) is 0 Å². The predicted octanol–water partition coefficient (Wildman–Crippen LogP) is 4.16. The van der Waals surface area contributed by atoms with Crippen molar-refractivity contribution in [2.24, 2.45) is 0 Å². The van der Waals surface area contributed by atoms with Crippen LogP contribution in [-0.2, 0) is 6.37 Å². The van der Waals surface area contributed by atoms with Crippen LogP contribution in [0, 0.1) is 6.92 Å². The average molecular weight is 359 g/mol. The van der Waals surface area contributed by atoms with Crippen LogP contribution in [0.1, 0.15) is 49.5 Å². The number of aryl methyl sites for hydroxylation is 1. The maximum atomic E-state index is 10.3. The third-order valence-corrected chi connectivity index (χ3v) is 3.15. The van der Waals surface area contributed by atoms with Crippen LogP contribution in [0.2, 0.25) is 0 Å². The summed E-state index contributed by atoms with van der Waals surface area (Å²) in [6.45, 7) is 0.920. The first kappa shape index (κ1) is 7.58. The first-order valence-electron chi connectivity index (χ1n) is 14.5. The molecule has 0 saturated carbocycles. The quantitative estimate of drug-likeness (QED) is 0.693. The molecule has 4 nitrogen and oxygen atoms in total. The van der Waals surface area contributed by atoms with E-state index in [1.807, 2.05) is 0 Å². The van der Waals surface area contributed by atoms with Gasteiger partial charge in [0.15, 0.2) is 11.5 Å². The van der Waals surface area contributed by atoms with Gasteiger partial charge in [0.2, 0.25) is 0 Å². The Balaban J connectivity index is 2.20. The summed E-state index contributed by atoms with van der Waals surface area (Å²) in [7, 11) is -6.01. The minimum absolute atomic E-state index is 0.113. The Morgan fingerprint density at radius 1 is 1.24 bits per heavy atom. The summed E-state index contributed by atoms with van der Waals surface area (Å²) in [5, 5.41) is 10.3. The second kappa shape index (κ2) is 9.94. The van der Waals surface area contributed by atoms with Crippen LogP contribution >= 0.6 is 0 Å². The molecule has 136 valence electrons. The highest BCUT2D eigenvalue weighted by Gasteiger charge is 2.07. The third kappa shape index (κ3) is 6.31. The number of ether oxygens (including phenoxy) is 3. The normalized spacial score (nSPS) is 22.2. The molecular formula is C21H28O4. The zero-order chi connectivity index (χ0) is 30.1. The van der Waals surface area contributed by atoms with Crippen molar-refractivity contribution in [2.45, 2.75) is 38.6 Å². The smallest absolute Gasteiger partial charge is 0.160 e. The molecule has 2 aromatic carbocycles. The molecule has 0 aliphatic heterocycles. The number of hydrogen-bond acceptors (Lipinski definition) is 4. The van der Waals surface area contributed by atoms with E-state index < -0.39 is 69.5 Å². The van der Waals surface area contributed by atoms with Crippen LogP contribution in [0.25, 0.3) is 0 Å². The molecular weight excluding hydrogens is 316 g/mol. The molecule has 25 heavy (non-hydrogen) atoms. The molecule has 0 amide bonds. The van der Waals surface area contributed by atoms with Gasteiger partial charge < -0.3 is 19.3 Å². The summed E-state index contributed by atoms with van der Waals surface area (Å²) < 4.78 is 123. The number of hydrogen-bond donors (Lipinski definition) is 1. The van der Waals surface area contributed by atoms with Gasteiger partial charge in [-0.05, 0) is 61.4 Å². The fourth-order valence-electron chi connectivity index (χ4n) is 1.90. The first-order valence-corrected chi connectivity index (χ1v) is 7.48. The minimum atomic E-state index is -3.04. The molecule has 0 heterocycles. The highest BCUT2D eigenvalue weighted by molar-refractivity contribution is 5.42. The highest BCUT2D eigenvalue weighted by Crippen LogP contribution is 2.28. The van der Waals surface area contributed by atoms with E-state index in [0.29, 0.717) is 0 Å². The van der Waals surface area contributed by atoms with E-state index in [4.69, 9.17) is 33.4 Å². The molecule has 2 aromatic rings. The van der Waals surface area contributed by atoms with Gasteiger partial charge in [-0.2, -0.15) is 0 Å². The monoisotopic (exact) mass is 358 g/mol. The Kier molecular flexibility index (Phi) is 3.02. The lowest BCUT2D eigenvalue weighted by molar-refractivity contribution is 0.0976. The van der Waals surface area contributed by atoms with E-state index in [-0.39, 0.29) is 35.4 Å². The van der Waals surface area contributed by atoms with E-state index >= 15 is 0 Å². The predicted molar refractivity (Wildman–Crippen MR) is 99.8 cm³/mol. The van der Waals surface area contributed by atoms with Crippen LogP contribution in [0.15, 0.2) is 42.4 Å². The van der Waals surface area contributed by atoms with Crippen molar-refractivity contribution in [1.82, 2.24) is 0 Å². The number of methoxy groups -OCH3 is 2. The summed E-state index contributed by atoms with van der Waals surface area (Å²) in [4.78, 5) is 0. The van der Waals surface area contributed by atoms with E-state index in [9.17, 15) is 5.11 Å². The molecule has 1 unspecified atom stereocenters. The van der Waals surface area contributed by atoms with Gasteiger partial charge in [0.05, 0.1) is 33.9 Å². The number of benzene rings is 2. The van der Waals surface area contributed by atoms with Crippen LogP contribution in [0.4, 0.5) is 0 Å². The topological polar surface area (TPSA) is 47.9 Å². The molecule has 4 heteroatoms. The van der Waals surface area contributed by atoms with Crippen molar-refractivity contribution in [1.29, 1.82) is 0 Å². The van der Waals surface area contributed by atoms with Crippen molar-refractivity contribution < 1.29 is 38.5 Å². The van der Waals surface area contributed by atoms with Crippen LogP contribution in [-0.4, -0.2) is 31.9 Å². The van der Waals surface area contributed by atoms with Crippen molar-refractivity contribution in [3.63, 3.8) is 0 Å². The van der Waals surface area contributed by atoms with Crippen molar-refractivity contribution in [3.8, 4) is 17.2 Å². The maximum Gasteiger partial charge on any atom is 0.160 e. The fraction of sp³-hybridized carbons (Fsp3) is 0.429. The number of aliphatic hydroxyl groups excluding tert-OH is 1. The zero-order valence-corrected chi connectivity index (χ0v) is 13.6. The highest BCUT2D eigenvalue weighted by atomic mass is 16.5. The number of rotatable bonds is 10. The zero-order valence-electron chi connectivity index (χ0n) is 27.6. The minimum Gasteiger partial charge on any atom is -0.493 e. The summed E-state index contributed by atoms with van der Waals surface area (Å²) in [6.07, 6.45) is -7.65. The molecule has 0 bridgehead atoms. The van der Waals surface area contributed by atoms with Crippen molar-refractivity contribution >= 4 is 0 Å². The van der Waals surface area contributed by atoms with E-state index in [2.05, 4.69) is 0 Å². The lowest BCUT2D eigenvalue weighted by Gasteiger charge is -2.13. The fourth-order valence-corrected chi connectivity index (χ4v) is 1.90. The van der Waals surface area contributed by atoms with Gasteiger partial charge in [0, 0.05) is 5.48 Å². The lowest BCUT2D eigenvalue weighted by atomic mass is 10.0. The summed E-state index contributed by atoms with van der Waals surface area (Å²) >= 11 is 0. The van der Waals surface area contributed by atoms with Gasteiger partial charge in [0.1, 0.15) is 12.4 Å². The van der Waals surface area contributed by atoms with Crippen LogP contribution in [0.5, 0.6) is 17.2 Å². The standard InChI is InChI=1S/C21H28O4/c1-16-7-6-10-19(13-16)25-15-18(22)9-5-4-8-17-11-12-20(23-2)21(14-17)24-3/h6-7,10-14,18,22H,4-5,8-9,15H2,1-3H3/i2D3,3D3,4D2,6D,7D,8D2,10D,13D. The van der Waals surface area contributed by atoms with Crippen LogP contribution in [0.3, 0.4) is 0 Å². The summed E-state index contributed by atoms with van der Waals surface area (Å²) in [5.74, 6) is -1.45. The molecule has 1 atom stereocenters. The molecule has 1 N–H and O–H groups in total. The van der Waals surface area contributed by atoms with Gasteiger partial charge in [0.25, 0.3) is 0 Å². The molecule has 0 radical (unpaired) electrons. The molecule has 0 aromatic heterocycles. The average Bonchev–Trinajstić information content (AvgIpc) is 2.79. The number of aliphatic hydroxyl groups is 1. The summed E-state index contributed by atoms with van der Waals surface area (Å²) in [5.41, 5.74) is -0.260. The van der Waals surface area contributed by atoms with Gasteiger partial charge in [-0.25, -0.2) is 0 Å². The van der Waals surface area contributed by atoms with Gasteiger partial charge in [-0.3, -0.25) is 0 Å². The molecule has 0 aliphatic rings. The Morgan fingerprint density at radius 3 is 2.92 bits per heavy atom. The van der Waals surface area contributed by atoms with Crippen LogP contribution < -0.4 is 14.2 Å². The Bertz CT molecular complexity index is 1150. The molecule has 0 saturated heterocycles. The first-order chi connectivity index (χ1) is 17.6. The third-order valence-electron chi connectivity index (χ3n) is 3.15. The summed E-state index contributed by atoms with van der Waals surface area (Å²) in [6, 6.07) is 1.30. The lowest BCUT2D eigenvalue weighted by Crippen LogP contribution is -2.17. The van der Waals surface area contributed by atoms with E-state index in [1.54, 1.807) is 0 Å². The second-order valence-corrected chi connectivity index (χ2v) is 5.13. The second-order valence-electron chi connectivity index (χ2n) is 5.13. The molecule has 0 spiro atoms. The van der Waals surface area contributed by atoms with Crippen molar-refractivity contribution in [3.05, 3.63) is 53.5 Å². The Labute approximate surface area is 170 Å². The van der Waals surface area contributed by atoms with Gasteiger partial charge in [-0.1, -0.05) is 24.6 Å². The van der Waals surface area contributed by atoms with Crippen molar-refractivity contribution in [2.75, 3.05) is 20.7 Å². The van der Waals surface area contributed by atoms with E-state index in [1.165, 1.54) is 6.92 Å². The largest absolute Gasteiger partial charge is 0.493 e. The molecule has 0 aliphatic carbocycles. The Hall–Kier alpha value is -2.20. The maximum absolute atomic E-state index is 10.3. The Morgan fingerprint density at radius 2 is 2.08 bits per heavy atom. The van der Waals surface area contributed by atoms with E-state index in [0.717, 1.165) is 18.2 Å².